The molecule has 5 rings (SSSR count). The molecule has 0 fully saturated rings. The van der Waals surface area contributed by atoms with Crippen molar-refractivity contribution in [3.05, 3.63) is 105 Å². The van der Waals surface area contributed by atoms with E-state index in [-0.39, 0.29) is 28.3 Å². The molecular formula is C24H16FN5O4S. The summed E-state index contributed by atoms with van der Waals surface area (Å²) in [6.45, 7) is 1.80. The van der Waals surface area contributed by atoms with Gasteiger partial charge >= 0.3 is 0 Å². The lowest BCUT2D eigenvalue weighted by Crippen LogP contribution is -2.22. The molecule has 0 amide bonds. The number of para-hydroxylation sites is 2. The van der Waals surface area contributed by atoms with Crippen LogP contribution in [0.2, 0.25) is 0 Å². The summed E-state index contributed by atoms with van der Waals surface area (Å²) in [7, 11) is 0. The number of nitrogens with zero attached hydrogens (tertiary/aromatic N) is 5. The lowest BCUT2D eigenvalue weighted by atomic mass is 10.2. The molecule has 0 spiro atoms. The van der Waals surface area contributed by atoms with E-state index in [9.17, 15) is 19.3 Å². The maximum absolute atomic E-state index is 14.7. The second kappa shape index (κ2) is 9.11. The SMILES string of the molecule is C[C@@H](Sc1nc2ccccc2c(=O)n1-c1ccccc1F)c1nnc(-c2ccc([N+](=O)[O-])cc2)o1. The molecule has 0 unspecified atom stereocenters. The number of rotatable bonds is 6. The predicted molar refractivity (Wildman–Crippen MR) is 128 cm³/mol. The van der Waals surface area contributed by atoms with Crippen LogP contribution < -0.4 is 5.56 Å². The first kappa shape index (κ1) is 22.4. The van der Waals surface area contributed by atoms with Gasteiger partial charge in [-0.05, 0) is 43.3 Å². The Hall–Kier alpha value is -4.38. The fourth-order valence-electron chi connectivity index (χ4n) is 3.49. The van der Waals surface area contributed by atoms with Gasteiger partial charge in [-0.3, -0.25) is 19.5 Å². The minimum absolute atomic E-state index is 0.0501. The highest BCUT2D eigenvalue weighted by molar-refractivity contribution is 7.99. The first-order valence-electron chi connectivity index (χ1n) is 10.4. The Labute approximate surface area is 201 Å². The molecule has 0 aliphatic heterocycles. The van der Waals surface area contributed by atoms with Crippen molar-refractivity contribution < 1.29 is 13.7 Å². The van der Waals surface area contributed by atoms with Crippen molar-refractivity contribution in [1.29, 1.82) is 0 Å². The van der Waals surface area contributed by atoms with Crippen molar-refractivity contribution in [2.24, 2.45) is 0 Å². The fraction of sp³-hybridized carbons (Fsp3) is 0.0833. The summed E-state index contributed by atoms with van der Waals surface area (Å²) in [5.74, 6) is -0.106. The third-order valence-corrected chi connectivity index (χ3v) is 6.27. The molecule has 0 aliphatic rings. The third-order valence-electron chi connectivity index (χ3n) is 5.23. The van der Waals surface area contributed by atoms with Crippen LogP contribution in [-0.2, 0) is 0 Å². The number of thioether (sulfide) groups is 1. The van der Waals surface area contributed by atoms with Crippen LogP contribution >= 0.6 is 11.8 Å². The quantitative estimate of drug-likeness (QED) is 0.136. The van der Waals surface area contributed by atoms with Gasteiger partial charge in [-0.25, -0.2) is 9.37 Å². The highest BCUT2D eigenvalue weighted by Gasteiger charge is 2.22. The summed E-state index contributed by atoms with van der Waals surface area (Å²) >= 11 is 1.17. The molecule has 0 bridgehead atoms. The van der Waals surface area contributed by atoms with Crippen LogP contribution in [0.15, 0.2) is 87.2 Å². The smallest absolute Gasteiger partial charge is 0.269 e. The van der Waals surface area contributed by atoms with Crippen molar-refractivity contribution in [3.63, 3.8) is 0 Å². The van der Waals surface area contributed by atoms with E-state index in [1.54, 1.807) is 43.3 Å². The third kappa shape index (κ3) is 4.28. The van der Waals surface area contributed by atoms with Crippen molar-refractivity contribution in [2.75, 3.05) is 0 Å². The maximum atomic E-state index is 14.7. The Morgan fingerprint density at radius 2 is 1.74 bits per heavy atom. The minimum Gasteiger partial charge on any atom is -0.419 e. The molecule has 0 N–H and O–H groups in total. The first-order chi connectivity index (χ1) is 16.9. The van der Waals surface area contributed by atoms with Crippen molar-refractivity contribution in [1.82, 2.24) is 19.7 Å². The Morgan fingerprint density at radius 3 is 2.49 bits per heavy atom. The van der Waals surface area contributed by atoms with Gasteiger partial charge in [0.1, 0.15) is 5.82 Å². The molecule has 0 saturated carbocycles. The Balaban J connectivity index is 1.52. The molecule has 5 aromatic rings. The molecule has 0 aliphatic carbocycles. The van der Waals surface area contributed by atoms with Gasteiger partial charge in [-0.1, -0.05) is 36.0 Å². The number of benzene rings is 3. The van der Waals surface area contributed by atoms with Gasteiger partial charge < -0.3 is 4.42 Å². The minimum atomic E-state index is -0.556. The van der Waals surface area contributed by atoms with Crippen LogP contribution in [0.25, 0.3) is 28.0 Å². The van der Waals surface area contributed by atoms with Crippen LogP contribution in [0.5, 0.6) is 0 Å². The lowest BCUT2D eigenvalue weighted by Gasteiger charge is -2.15. The topological polar surface area (TPSA) is 117 Å². The summed E-state index contributed by atoms with van der Waals surface area (Å²) < 4.78 is 21.7. The van der Waals surface area contributed by atoms with Crippen molar-refractivity contribution in [2.45, 2.75) is 17.3 Å². The van der Waals surface area contributed by atoms with Gasteiger partial charge in [0.15, 0.2) is 5.16 Å². The van der Waals surface area contributed by atoms with Gasteiger partial charge in [-0.15, -0.1) is 10.2 Å². The van der Waals surface area contributed by atoms with Crippen LogP contribution in [0, 0.1) is 15.9 Å². The van der Waals surface area contributed by atoms with Crippen LogP contribution in [0.3, 0.4) is 0 Å². The van der Waals surface area contributed by atoms with Crippen LogP contribution in [0.4, 0.5) is 10.1 Å². The molecule has 11 heteroatoms. The van der Waals surface area contributed by atoms with Gasteiger partial charge in [0.05, 0.1) is 26.8 Å². The molecule has 1 atom stereocenters. The van der Waals surface area contributed by atoms with E-state index in [4.69, 9.17) is 4.42 Å². The number of hydrogen-bond donors (Lipinski definition) is 0. The Kier molecular flexibility index (Phi) is 5.83. The number of non-ortho nitro benzene ring substituents is 1. The van der Waals surface area contributed by atoms with E-state index in [1.165, 1.54) is 52.7 Å². The molecule has 2 aromatic heterocycles. The van der Waals surface area contributed by atoms with Gasteiger partial charge in [-0.2, -0.15) is 0 Å². The van der Waals surface area contributed by atoms with E-state index >= 15 is 0 Å². The summed E-state index contributed by atoms with van der Waals surface area (Å²) in [4.78, 5) is 28.3. The Bertz CT molecular complexity index is 1620. The molecule has 35 heavy (non-hydrogen) atoms. The zero-order valence-electron chi connectivity index (χ0n) is 18.2. The average Bonchev–Trinajstić information content (AvgIpc) is 3.36. The molecule has 2 heterocycles. The van der Waals surface area contributed by atoms with E-state index in [0.717, 1.165) is 0 Å². The average molecular weight is 489 g/mol. The van der Waals surface area contributed by atoms with E-state index in [0.29, 0.717) is 16.5 Å². The summed E-state index contributed by atoms with van der Waals surface area (Å²) in [5.41, 5.74) is 0.650. The predicted octanol–water partition coefficient (Wildman–Crippen LogP) is 5.34. The van der Waals surface area contributed by atoms with Crippen molar-refractivity contribution >= 4 is 28.4 Å². The van der Waals surface area contributed by atoms with Gasteiger partial charge in [0.2, 0.25) is 11.8 Å². The number of aromatic nitrogens is 4. The van der Waals surface area contributed by atoms with Gasteiger partial charge in [0.25, 0.3) is 11.2 Å². The molecule has 174 valence electrons. The summed E-state index contributed by atoms with van der Waals surface area (Å²) in [6, 6.07) is 18.6. The standard InChI is InChI=1S/C24H16FN5O4S/c1-14(21-27-28-22(34-21)15-10-12-16(13-11-15)30(32)33)35-24-26-19-8-4-2-6-17(19)23(31)29(24)20-9-5-3-7-18(20)25/h2-14H,1H3/t14-/m1/s1. The zero-order valence-corrected chi connectivity index (χ0v) is 19.0. The maximum Gasteiger partial charge on any atom is 0.269 e. The number of nitro groups is 1. The zero-order chi connectivity index (χ0) is 24.5. The number of nitro benzene ring substituents is 1. The number of fused-ring (bicyclic) bond motifs is 1. The summed E-state index contributed by atoms with van der Waals surface area (Å²) in [5, 5.41) is 19.2. The molecule has 0 radical (unpaired) electrons. The molecule has 9 nitrogen and oxygen atoms in total. The van der Waals surface area contributed by atoms with E-state index < -0.39 is 21.5 Å². The van der Waals surface area contributed by atoms with Crippen LogP contribution in [-0.4, -0.2) is 24.7 Å². The lowest BCUT2D eigenvalue weighted by molar-refractivity contribution is -0.384. The monoisotopic (exact) mass is 489 g/mol. The fourth-order valence-corrected chi connectivity index (χ4v) is 4.44. The first-order valence-corrected chi connectivity index (χ1v) is 11.3. The number of hydrogen-bond acceptors (Lipinski definition) is 8. The van der Waals surface area contributed by atoms with Gasteiger partial charge in [0, 0.05) is 17.7 Å². The highest BCUT2D eigenvalue weighted by atomic mass is 32.2. The molecular weight excluding hydrogens is 473 g/mol. The summed E-state index contributed by atoms with van der Waals surface area (Å²) in [6.07, 6.45) is 0. The molecule has 0 saturated heterocycles. The molecule has 3 aromatic carbocycles. The van der Waals surface area contributed by atoms with Crippen LogP contribution in [0.1, 0.15) is 18.1 Å². The second-order valence-corrected chi connectivity index (χ2v) is 8.82. The number of halogens is 1. The van der Waals surface area contributed by atoms with E-state index in [1.807, 2.05) is 0 Å². The largest absolute Gasteiger partial charge is 0.419 e. The highest BCUT2D eigenvalue weighted by Crippen LogP contribution is 2.35. The van der Waals surface area contributed by atoms with E-state index in [2.05, 4.69) is 15.2 Å². The Morgan fingerprint density at radius 1 is 1.03 bits per heavy atom. The normalized spacial score (nSPS) is 12.1. The van der Waals surface area contributed by atoms with Crippen molar-refractivity contribution in [3.8, 4) is 17.1 Å². The second-order valence-electron chi connectivity index (χ2n) is 7.51.